The molecule has 2 atom stereocenters. The highest BCUT2D eigenvalue weighted by Gasteiger charge is 2.21. The van der Waals surface area contributed by atoms with Gasteiger partial charge in [-0.05, 0) is 38.5 Å². The first-order valence-corrected chi connectivity index (χ1v) is 16.9. The summed E-state index contributed by atoms with van der Waals surface area (Å²) in [5.74, 6) is -0.908. The van der Waals surface area contributed by atoms with Crippen molar-refractivity contribution in [2.75, 3.05) is 47.5 Å². The lowest BCUT2D eigenvalue weighted by Crippen LogP contribution is -2.37. The number of esters is 2. The normalized spacial score (nSPS) is 14.2. The van der Waals surface area contributed by atoms with E-state index >= 15 is 0 Å². The summed E-state index contributed by atoms with van der Waals surface area (Å²) < 4.78 is 32.9. The molecule has 0 saturated heterocycles. The second-order valence-corrected chi connectivity index (χ2v) is 12.9. The van der Waals surface area contributed by atoms with Gasteiger partial charge in [0.25, 0.3) is 7.82 Å². The third-order valence-electron chi connectivity index (χ3n) is 6.26. The second-order valence-electron chi connectivity index (χ2n) is 11.5. The number of rotatable bonds is 27. The van der Waals surface area contributed by atoms with Gasteiger partial charge in [0.15, 0.2) is 6.10 Å². The van der Waals surface area contributed by atoms with Crippen LogP contribution in [-0.2, 0) is 32.7 Å². The Morgan fingerprint density at radius 2 is 1.32 bits per heavy atom. The Labute approximate surface area is 244 Å². The highest BCUT2D eigenvalue weighted by atomic mass is 31.2. The van der Waals surface area contributed by atoms with E-state index in [9.17, 15) is 19.0 Å². The van der Waals surface area contributed by atoms with Crippen LogP contribution in [0.3, 0.4) is 0 Å². The molecule has 0 aromatic carbocycles. The van der Waals surface area contributed by atoms with Crippen molar-refractivity contribution < 1.29 is 42.1 Å². The van der Waals surface area contributed by atoms with Crippen LogP contribution >= 0.6 is 7.82 Å². The molecule has 0 saturated carbocycles. The smallest absolute Gasteiger partial charge is 0.306 e. The quantitative estimate of drug-likeness (QED) is 0.0351. The van der Waals surface area contributed by atoms with Gasteiger partial charge in [0, 0.05) is 12.8 Å². The standard InChI is InChI=1S/C30H58NO8P/c1-6-8-9-10-11-12-13-14-15-16-17-18-19-20-21-23-29(32)36-26-28(39-30(33)22-7-2)27-38-40(34,35)37-25-24-31(3,4)5/h14-15,28H,6-13,16-27H2,1-5H3/b15-14-. The van der Waals surface area contributed by atoms with Crippen molar-refractivity contribution in [2.24, 2.45) is 0 Å². The van der Waals surface area contributed by atoms with Crippen LogP contribution in [0.25, 0.3) is 0 Å². The maximum absolute atomic E-state index is 12.2. The molecule has 0 radical (unpaired) electrons. The summed E-state index contributed by atoms with van der Waals surface area (Å²) in [4.78, 5) is 36.2. The number of ether oxygens (including phenoxy) is 2. The molecule has 0 aliphatic carbocycles. The Bertz CT molecular complexity index is 723. The van der Waals surface area contributed by atoms with Crippen molar-refractivity contribution in [3.63, 3.8) is 0 Å². The number of phosphoric ester groups is 1. The fraction of sp³-hybridized carbons (Fsp3) is 0.867. The zero-order valence-corrected chi connectivity index (χ0v) is 26.9. The van der Waals surface area contributed by atoms with Crippen LogP contribution in [0.15, 0.2) is 12.2 Å². The Kier molecular flexibility index (Phi) is 23.6. The lowest BCUT2D eigenvalue weighted by molar-refractivity contribution is -0.870. The monoisotopic (exact) mass is 591 g/mol. The molecule has 0 rings (SSSR count). The predicted molar refractivity (Wildman–Crippen MR) is 158 cm³/mol. The van der Waals surface area contributed by atoms with Gasteiger partial charge >= 0.3 is 11.9 Å². The summed E-state index contributed by atoms with van der Waals surface area (Å²) >= 11 is 0. The maximum Gasteiger partial charge on any atom is 0.306 e. The zero-order valence-electron chi connectivity index (χ0n) is 26.0. The second kappa shape index (κ2) is 24.4. The first-order chi connectivity index (χ1) is 19.0. The van der Waals surface area contributed by atoms with Gasteiger partial charge in [-0.25, -0.2) is 0 Å². The average molecular weight is 592 g/mol. The Morgan fingerprint density at radius 1 is 0.750 bits per heavy atom. The van der Waals surface area contributed by atoms with E-state index in [2.05, 4.69) is 19.1 Å². The molecule has 0 aliphatic heterocycles. The van der Waals surface area contributed by atoms with Gasteiger partial charge in [-0.15, -0.1) is 0 Å². The van der Waals surface area contributed by atoms with Crippen molar-refractivity contribution in [2.45, 2.75) is 123 Å². The summed E-state index contributed by atoms with van der Waals surface area (Å²) in [6.45, 7) is 3.77. The first kappa shape index (κ1) is 38.8. The van der Waals surface area contributed by atoms with E-state index in [4.69, 9.17) is 18.5 Å². The van der Waals surface area contributed by atoms with E-state index in [1.54, 1.807) is 0 Å². The van der Waals surface area contributed by atoms with Crippen LogP contribution in [0, 0.1) is 0 Å². The molecule has 0 bridgehead atoms. The molecule has 2 unspecified atom stereocenters. The number of hydrogen-bond donors (Lipinski definition) is 0. The molecule has 0 aromatic rings. The molecule has 40 heavy (non-hydrogen) atoms. The van der Waals surface area contributed by atoms with E-state index in [0.29, 0.717) is 17.4 Å². The number of phosphoric acid groups is 1. The predicted octanol–water partition coefficient (Wildman–Crippen LogP) is 6.49. The van der Waals surface area contributed by atoms with Crippen LogP contribution in [0.1, 0.15) is 117 Å². The van der Waals surface area contributed by atoms with E-state index in [1.165, 1.54) is 44.9 Å². The van der Waals surface area contributed by atoms with Crippen molar-refractivity contribution in [1.29, 1.82) is 0 Å². The Morgan fingerprint density at radius 3 is 1.90 bits per heavy atom. The van der Waals surface area contributed by atoms with Gasteiger partial charge in [-0.2, -0.15) is 0 Å². The summed E-state index contributed by atoms with van der Waals surface area (Å²) in [7, 11) is 1.15. The molecule has 9 nitrogen and oxygen atoms in total. The molecule has 0 N–H and O–H groups in total. The lowest BCUT2D eigenvalue weighted by atomic mass is 10.1. The fourth-order valence-corrected chi connectivity index (χ4v) is 4.53. The van der Waals surface area contributed by atoms with E-state index in [0.717, 1.165) is 38.5 Å². The van der Waals surface area contributed by atoms with Crippen LogP contribution in [0.2, 0.25) is 0 Å². The molecule has 236 valence electrons. The molecule has 0 fully saturated rings. The molecule has 0 heterocycles. The minimum atomic E-state index is -4.58. The van der Waals surface area contributed by atoms with E-state index in [1.807, 2.05) is 28.1 Å². The number of unbranched alkanes of at least 4 members (excludes halogenated alkanes) is 11. The first-order valence-electron chi connectivity index (χ1n) is 15.4. The largest absolute Gasteiger partial charge is 0.756 e. The minimum absolute atomic E-state index is 0.0322. The number of hydrogen-bond acceptors (Lipinski definition) is 8. The minimum Gasteiger partial charge on any atom is -0.756 e. The lowest BCUT2D eigenvalue weighted by Gasteiger charge is -2.28. The van der Waals surface area contributed by atoms with Crippen LogP contribution in [0.5, 0.6) is 0 Å². The zero-order chi connectivity index (χ0) is 30.1. The van der Waals surface area contributed by atoms with Crippen LogP contribution in [0.4, 0.5) is 0 Å². The topological polar surface area (TPSA) is 111 Å². The highest BCUT2D eigenvalue weighted by Crippen LogP contribution is 2.38. The SMILES string of the molecule is CCCCCCCC/C=C\CCCCCCCC(=O)OCC(COP(=O)([O-])OCC[N+](C)(C)C)OC(=O)CCC. The number of likely N-dealkylation sites (N-methyl/N-ethyl adjacent to an activating group) is 1. The van der Waals surface area contributed by atoms with Crippen LogP contribution < -0.4 is 4.89 Å². The molecule has 0 spiro atoms. The van der Waals surface area contributed by atoms with Gasteiger partial charge in [0.1, 0.15) is 19.8 Å². The number of carbonyl (C=O) groups is 2. The average Bonchev–Trinajstić information content (AvgIpc) is 2.87. The van der Waals surface area contributed by atoms with Gasteiger partial charge in [0.2, 0.25) is 0 Å². The van der Waals surface area contributed by atoms with Crippen molar-refractivity contribution in [3.05, 3.63) is 12.2 Å². The number of carbonyl (C=O) groups excluding carboxylic acids is 2. The van der Waals surface area contributed by atoms with Crippen molar-refractivity contribution in [3.8, 4) is 0 Å². The fourth-order valence-electron chi connectivity index (χ4n) is 3.80. The summed E-state index contributed by atoms with van der Waals surface area (Å²) in [6, 6.07) is 0. The van der Waals surface area contributed by atoms with E-state index in [-0.39, 0.29) is 26.1 Å². The number of allylic oxidation sites excluding steroid dienone is 2. The number of quaternary nitrogens is 1. The van der Waals surface area contributed by atoms with Crippen molar-refractivity contribution >= 4 is 19.8 Å². The molecule has 10 heteroatoms. The maximum atomic E-state index is 12.2. The third-order valence-corrected chi connectivity index (χ3v) is 7.22. The van der Waals surface area contributed by atoms with Gasteiger partial charge < -0.3 is 27.9 Å². The summed E-state index contributed by atoms with van der Waals surface area (Å²) in [6.07, 6.45) is 19.9. The van der Waals surface area contributed by atoms with Gasteiger partial charge in [-0.1, -0.05) is 77.4 Å². The summed E-state index contributed by atoms with van der Waals surface area (Å²) in [5, 5.41) is 0. The molecule has 0 aromatic heterocycles. The number of nitrogens with zero attached hydrogens (tertiary/aromatic N) is 1. The van der Waals surface area contributed by atoms with Gasteiger partial charge in [0.05, 0.1) is 27.7 Å². The van der Waals surface area contributed by atoms with Crippen LogP contribution in [-0.4, -0.2) is 70.0 Å². The Balaban J connectivity index is 4.12. The van der Waals surface area contributed by atoms with Crippen molar-refractivity contribution in [1.82, 2.24) is 0 Å². The van der Waals surface area contributed by atoms with E-state index < -0.39 is 32.5 Å². The summed E-state index contributed by atoms with van der Waals surface area (Å²) in [5.41, 5.74) is 0. The molecule has 0 amide bonds. The molecular weight excluding hydrogens is 533 g/mol. The van der Waals surface area contributed by atoms with Gasteiger partial charge in [-0.3, -0.25) is 14.2 Å². The third kappa shape index (κ3) is 26.9. The molecular formula is C30H58NO8P. The highest BCUT2D eigenvalue weighted by molar-refractivity contribution is 7.45. The molecule has 0 aliphatic rings. The Hall–Kier alpha value is -1.25.